The number of nitrogens with two attached hydrogens (primary N) is 1. The molecule has 0 spiro atoms. The zero-order valence-corrected chi connectivity index (χ0v) is 13.4. The molecule has 3 aromatic carbocycles. The maximum atomic E-state index is 12.3. The van der Waals surface area contributed by atoms with E-state index in [-0.39, 0.29) is 5.75 Å². The van der Waals surface area contributed by atoms with Crippen LogP contribution >= 0.6 is 0 Å². The van der Waals surface area contributed by atoms with Crippen molar-refractivity contribution < 1.29 is 22.6 Å². The summed E-state index contributed by atoms with van der Waals surface area (Å²) >= 11 is 0. The molecule has 0 bridgehead atoms. The largest absolute Gasteiger partial charge is 0.573 e. The van der Waals surface area contributed by atoms with E-state index in [1.807, 2.05) is 36.4 Å². The Morgan fingerprint density at radius 1 is 0.880 bits per heavy atom. The lowest BCUT2D eigenvalue weighted by atomic mass is 9.94. The first-order valence-electron chi connectivity index (χ1n) is 7.56. The molecule has 0 saturated carbocycles. The van der Waals surface area contributed by atoms with Gasteiger partial charge in [-0.15, -0.1) is 13.2 Å². The van der Waals surface area contributed by atoms with Gasteiger partial charge in [-0.1, -0.05) is 42.5 Å². The van der Waals surface area contributed by atoms with Crippen molar-refractivity contribution in [2.24, 2.45) is 5.73 Å². The van der Waals surface area contributed by atoms with Crippen LogP contribution < -0.4 is 15.2 Å². The van der Waals surface area contributed by atoms with Crippen LogP contribution in [-0.2, 0) is 0 Å². The van der Waals surface area contributed by atoms with Crippen molar-refractivity contribution in [2.75, 3.05) is 7.11 Å². The van der Waals surface area contributed by atoms with E-state index < -0.39 is 12.4 Å². The van der Waals surface area contributed by atoms with Crippen LogP contribution in [0.5, 0.6) is 11.5 Å². The molecule has 6 heteroatoms. The minimum atomic E-state index is -4.71. The number of hydrogen-bond acceptors (Lipinski definition) is 3. The highest BCUT2D eigenvalue weighted by Crippen LogP contribution is 2.33. The van der Waals surface area contributed by atoms with Crippen LogP contribution in [0.25, 0.3) is 10.8 Å². The van der Waals surface area contributed by atoms with Crippen molar-refractivity contribution in [2.45, 2.75) is 12.4 Å². The van der Waals surface area contributed by atoms with E-state index in [0.29, 0.717) is 5.56 Å². The van der Waals surface area contributed by atoms with Crippen LogP contribution in [0.1, 0.15) is 17.2 Å². The highest BCUT2D eigenvalue weighted by Gasteiger charge is 2.31. The average molecular weight is 347 g/mol. The van der Waals surface area contributed by atoms with E-state index in [1.165, 1.54) is 24.3 Å². The van der Waals surface area contributed by atoms with Crippen molar-refractivity contribution in [1.29, 1.82) is 0 Å². The van der Waals surface area contributed by atoms with Gasteiger partial charge in [0.1, 0.15) is 11.5 Å². The zero-order valence-electron chi connectivity index (χ0n) is 13.4. The minimum Gasteiger partial charge on any atom is -0.496 e. The van der Waals surface area contributed by atoms with E-state index in [0.717, 1.165) is 22.1 Å². The Morgan fingerprint density at radius 3 is 2.12 bits per heavy atom. The van der Waals surface area contributed by atoms with E-state index in [9.17, 15) is 13.2 Å². The third kappa shape index (κ3) is 3.69. The third-order valence-corrected chi connectivity index (χ3v) is 3.95. The monoisotopic (exact) mass is 347 g/mol. The van der Waals surface area contributed by atoms with Crippen LogP contribution in [0.15, 0.2) is 60.7 Å². The number of fused-ring (bicyclic) bond motifs is 1. The molecular weight excluding hydrogens is 331 g/mol. The van der Waals surface area contributed by atoms with Crippen LogP contribution in [0, 0.1) is 0 Å². The van der Waals surface area contributed by atoms with Gasteiger partial charge in [-0.3, -0.25) is 0 Å². The Morgan fingerprint density at radius 2 is 1.52 bits per heavy atom. The van der Waals surface area contributed by atoms with Crippen molar-refractivity contribution in [3.05, 3.63) is 71.8 Å². The number of alkyl halides is 3. The van der Waals surface area contributed by atoms with Gasteiger partial charge in [0.15, 0.2) is 0 Å². The second-order valence-corrected chi connectivity index (χ2v) is 5.50. The fraction of sp³-hybridized carbons (Fsp3) is 0.158. The zero-order chi connectivity index (χ0) is 18.0. The normalized spacial score (nSPS) is 12.8. The Labute approximate surface area is 142 Å². The molecule has 0 heterocycles. The lowest BCUT2D eigenvalue weighted by Gasteiger charge is -2.17. The Kier molecular flexibility index (Phi) is 4.55. The van der Waals surface area contributed by atoms with E-state index in [4.69, 9.17) is 10.5 Å². The van der Waals surface area contributed by atoms with Gasteiger partial charge in [0, 0.05) is 5.39 Å². The van der Waals surface area contributed by atoms with Gasteiger partial charge in [0.05, 0.1) is 13.2 Å². The summed E-state index contributed by atoms with van der Waals surface area (Å²) in [5.41, 5.74) is 7.89. The fourth-order valence-electron chi connectivity index (χ4n) is 2.80. The number of ether oxygens (including phenoxy) is 2. The molecule has 0 aliphatic rings. The molecule has 1 atom stereocenters. The summed E-state index contributed by atoms with van der Waals surface area (Å²) in [4.78, 5) is 0. The van der Waals surface area contributed by atoms with Gasteiger partial charge >= 0.3 is 6.36 Å². The van der Waals surface area contributed by atoms with E-state index in [2.05, 4.69) is 4.74 Å². The highest BCUT2D eigenvalue weighted by atomic mass is 19.4. The van der Waals surface area contributed by atoms with E-state index in [1.54, 1.807) is 7.11 Å². The standard InChI is InChI=1S/C19H16F3NO2/c1-24-17-11-10-16(14-4-2-3-5-15(14)17)18(23)12-6-8-13(9-7-12)25-19(20,21)22/h2-11,18H,23H2,1H3/t18-/m1/s1. The first-order valence-corrected chi connectivity index (χ1v) is 7.56. The number of halogens is 3. The van der Waals surface area contributed by atoms with Gasteiger partial charge < -0.3 is 15.2 Å². The van der Waals surface area contributed by atoms with Gasteiger partial charge in [-0.05, 0) is 34.7 Å². The SMILES string of the molecule is COc1ccc([C@H](N)c2ccc(OC(F)(F)F)cc2)c2ccccc12. The average Bonchev–Trinajstić information content (AvgIpc) is 2.59. The summed E-state index contributed by atoms with van der Waals surface area (Å²) in [7, 11) is 1.60. The molecule has 0 aliphatic heterocycles. The molecule has 0 aliphatic carbocycles. The molecule has 0 fully saturated rings. The smallest absolute Gasteiger partial charge is 0.496 e. The van der Waals surface area contributed by atoms with Crippen molar-refractivity contribution in [1.82, 2.24) is 0 Å². The lowest BCUT2D eigenvalue weighted by molar-refractivity contribution is -0.274. The summed E-state index contributed by atoms with van der Waals surface area (Å²) in [6.45, 7) is 0. The summed E-state index contributed by atoms with van der Waals surface area (Å²) in [5.74, 6) is 0.462. The molecule has 130 valence electrons. The fourth-order valence-corrected chi connectivity index (χ4v) is 2.80. The Balaban J connectivity index is 1.96. The quantitative estimate of drug-likeness (QED) is 0.738. The maximum Gasteiger partial charge on any atom is 0.573 e. The molecule has 2 N–H and O–H groups in total. The van der Waals surface area contributed by atoms with Crippen LogP contribution in [0.3, 0.4) is 0 Å². The van der Waals surface area contributed by atoms with Crippen LogP contribution in [0.2, 0.25) is 0 Å². The minimum absolute atomic E-state index is 0.275. The molecule has 3 rings (SSSR count). The Bertz CT molecular complexity index is 876. The van der Waals surface area contributed by atoms with E-state index >= 15 is 0 Å². The van der Waals surface area contributed by atoms with Crippen LogP contribution in [0.4, 0.5) is 13.2 Å². The van der Waals surface area contributed by atoms with Gasteiger partial charge in [0.25, 0.3) is 0 Å². The number of hydrogen-bond donors (Lipinski definition) is 1. The highest BCUT2D eigenvalue weighted by molar-refractivity contribution is 5.91. The third-order valence-electron chi connectivity index (χ3n) is 3.95. The van der Waals surface area contributed by atoms with Gasteiger partial charge in [0.2, 0.25) is 0 Å². The van der Waals surface area contributed by atoms with Crippen LogP contribution in [-0.4, -0.2) is 13.5 Å². The number of benzene rings is 3. The van der Waals surface area contributed by atoms with Crippen molar-refractivity contribution in [3.8, 4) is 11.5 Å². The molecule has 0 unspecified atom stereocenters. The second kappa shape index (κ2) is 6.64. The molecule has 0 saturated heterocycles. The summed E-state index contributed by atoms with van der Waals surface area (Å²) in [5, 5.41) is 1.86. The topological polar surface area (TPSA) is 44.5 Å². The molecule has 0 aromatic heterocycles. The predicted octanol–water partition coefficient (Wildman–Crippen LogP) is 4.80. The maximum absolute atomic E-state index is 12.3. The molecular formula is C19H16F3NO2. The number of rotatable bonds is 4. The molecule has 3 nitrogen and oxygen atoms in total. The number of methoxy groups -OCH3 is 1. The first kappa shape index (κ1) is 17.1. The van der Waals surface area contributed by atoms with Gasteiger partial charge in [-0.25, -0.2) is 0 Å². The van der Waals surface area contributed by atoms with Crippen molar-refractivity contribution in [3.63, 3.8) is 0 Å². The second-order valence-electron chi connectivity index (χ2n) is 5.50. The molecule has 0 radical (unpaired) electrons. The van der Waals surface area contributed by atoms with Crippen molar-refractivity contribution >= 4 is 10.8 Å². The predicted molar refractivity (Wildman–Crippen MR) is 89.7 cm³/mol. The molecule has 3 aromatic rings. The lowest BCUT2D eigenvalue weighted by Crippen LogP contribution is -2.17. The summed E-state index contributed by atoms with van der Waals surface area (Å²) < 4.78 is 46.0. The summed E-state index contributed by atoms with van der Waals surface area (Å²) in [6.07, 6.45) is -4.71. The van der Waals surface area contributed by atoms with Gasteiger partial charge in [-0.2, -0.15) is 0 Å². The molecule has 0 amide bonds. The summed E-state index contributed by atoms with van der Waals surface area (Å²) in [6, 6.07) is 16.5. The Hall–Kier alpha value is -2.73. The first-order chi connectivity index (χ1) is 11.9. The molecule has 25 heavy (non-hydrogen) atoms.